The molecule has 1 aliphatic heterocycles. The average molecular weight is 333 g/mol. The first-order valence-corrected chi connectivity index (χ1v) is 6.51. The van der Waals surface area contributed by atoms with E-state index in [2.05, 4.69) is 34.8 Å². The zero-order valence-corrected chi connectivity index (χ0v) is 11.7. The van der Waals surface area contributed by atoms with Crippen LogP contribution in [0.4, 0.5) is 0 Å². The number of hydrogen-bond donors (Lipinski definition) is 1. The van der Waals surface area contributed by atoms with E-state index in [1.54, 1.807) is 0 Å². The molecule has 0 aromatic carbocycles. The van der Waals surface area contributed by atoms with E-state index in [-0.39, 0.29) is 11.9 Å². The summed E-state index contributed by atoms with van der Waals surface area (Å²) in [4.78, 5) is 14.3. The second-order valence-corrected chi connectivity index (χ2v) is 5.45. The lowest BCUT2D eigenvalue weighted by molar-refractivity contribution is 0.0646. The normalized spacial score (nSPS) is 21.2. The molecule has 16 heavy (non-hydrogen) atoms. The molecule has 1 aliphatic rings. The molecule has 1 aromatic heterocycles. The Balaban J connectivity index is 2.21. The van der Waals surface area contributed by atoms with Gasteiger partial charge in [-0.3, -0.25) is 4.79 Å². The van der Waals surface area contributed by atoms with E-state index in [4.69, 9.17) is 0 Å². The Morgan fingerprint density at radius 3 is 2.94 bits per heavy atom. The van der Waals surface area contributed by atoms with Gasteiger partial charge in [-0.15, -0.1) is 0 Å². The molecule has 2 heterocycles. The lowest BCUT2D eigenvalue weighted by atomic mass is 10.2. The molecule has 2 rings (SSSR count). The second kappa shape index (κ2) is 4.75. The van der Waals surface area contributed by atoms with Crippen LogP contribution in [-0.2, 0) is 7.05 Å². The number of piperazine rings is 1. The van der Waals surface area contributed by atoms with Crippen LogP contribution in [0.15, 0.2) is 12.3 Å². The molecule has 0 saturated carbocycles. The van der Waals surface area contributed by atoms with Crippen LogP contribution in [-0.4, -0.2) is 41.1 Å². The van der Waals surface area contributed by atoms with Crippen LogP contribution in [0, 0.1) is 3.57 Å². The van der Waals surface area contributed by atoms with Gasteiger partial charge in [0.15, 0.2) is 0 Å². The Kier molecular flexibility index (Phi) is 3.53. The van der Waals surface area contributed by atoms with Crippen molar-refractivity contribution in [3.05, 3.63) is 21.5 Å². The Hall–Kier alpha value is -0.560. The Morgan fingerprint density at radius 1 is 1.62 bits per heavy atom. The molecule has 0 spiro atoms. The minimum atomic E-state index is 0.138. The summed E-state index contributed by atoms with van der Waals surface area (Å²) in [6.07, 6.45) is 1.97. The third-order valence-corrected chi connectivity index (χ3v) is 3.54. The summed E-state index contributed by atoms with van der Waals surface area (Å²) < 4.78 is 3.00. The number of carbonyl (C=O) groups excluding carboxylic acids is 1. The third kappa shape index (κ3) is 2.24. The first-order chi connectivity index (χ1) is 7.59. The summed E-state index contributed by atoms with van der Waals surface area (Å²) in [5.41, 5.74) is 0.776. The standard InChI is InChI=1S/C11H16IN3O/c1-8-6-13-3-4-15(8)11(16)10-5-9(12)7-14(10)2/h5,7-8,13H,3-4,6H2,1-2H3/t8-/m1/s1. The molecule has 1 amide bonds. The van der Waals surface area contributed by atoms with E-state index in [9.17, 15) is 4.79 Å². The predicted octanol–water partition coefficient (Wildman–Crippen LogP) is 1.06. The lowest BCUT2D eigenvalue weighted by Gasteiger charge is -2.34. The van der Waals surface area contributed by atoms with Crippen molar-refractivity contribution in [2.75, 3.05) is 19.6 Å². The third-order valence-electron chi connectivity index (χ3n) is 2.95. The number of aryl methyl sites for hydroxylation is 1. The fourth-order valence-electron chi connectivity index (χ4n) is 2.03. The fraction of sp³-hybridized carbons (Fsp3) is 0.545. The predicted molar refractivity (Wildman–Crippen MR) is 71.5 cm³/mol. The zero-order chi connectivity index (χ0) is 11.7. The van der Waals surface area contributed by atoms with E-state index < -0.39 is 0 Å². The average Bonchev–Trinajstić information content (AvgIpc) is 2.58. The maximum Gasteiger partial charge on any atom is 0.270 e. The van der Waals surface area contributed by atoms with Crippen LogP contribution >= 0.6 is 22.6 Å². The Morgan fingerprint density at radius 2 is 2.38 bits per heavy atom. The van der Waals surface area contributed by atoms with Gasteiger partial charge in [-0.25, -0.2) is 0 Å². The number of hydrogen-bond acceptors (Lipinski definition) is 2. The number of amides is 1. The van der Waals surface area contributed by atoms with E-state index in [1.807, 2.05) is 28.8 Å². The van der Waals surface area contributed by atoms with E-state index >= 15 is 0 Å². The lowest BCUT2D eigenvalue weighted by Crippen LogP contribution is -2.52. The maximum absolute atomic E-state index is 12.3. The molecule has 1 saturated heterocycles. The van der Waals surface area contributed by atoms with Crippen molar-refractivity contribution in [2.24, 2.45) is 7.05 Å². The van der Waals surface area contributed by atoms with Gasteiger partial charge in [0.1, 0.15) is 5.69 Å². The number of rotatable bonds is 1. The fourth-order valence-corrected chi connectivity index (χ4v) is 2.74. The van der Waals surface area contributed by atoms with Gasteiger partial charge in [-0.05, 0) is 35.6 Å². The molecule has 88 valence electrons. The number of nitrogens with one attached hydrogen (secondary N) is 1. The van der Waals surface area contributed by atoms with Crippen LogP contribution in [0.25, 0.3) is 0 Å². The minimum absolute atomic E-state index is 0.138. The van der Waals surface area contributed by atoms with Crippen molar-refractivity contribution in [1.82, 2.24) is 14.8 Å². The van der Waals surface area contributed by atoms with Gasteiger partial charge in [0, 0.05) is 42.5 Å². The van der Waals surface area contributed by atoms with Gasteiger partial charge >= 0.3 is 0 Å². The van der Waals surface area contributed by atoms with Crippen LogP contribution in [0.1, 0.15) is 17.4 Å². The maximum atomic E-state index is 12.3. The number of carbonyl (C=O) groups is 1. The molecule has 1 aromatic rings. The van der Waals surface area contributed by atoms with Gasteiger partial charge < -0.3 is 14.8 Å². The highest BCUT2D eigenvalue weighted by Gasteiger charge is 2.25. The van der Waals surface area contributed by atoms with E-state index in [0.717, 1.165) is 28.9 Å². The number of aromatic nitrogens is 1. The van der Waals surface area contributed by atoms with Crippen molar-refractivity contribution < 1.29 is 4.79 Å². The highest BCUT2D eigenvalue weighted by molar-refractivity contribution is 14.1. The molecule has 0 bridgehead atoms. The highest BCUT2D eigenvalue weighted by Crippen LogP contribution is 2.14. The molecule has 0 aliphatic carbocycles. The van der Waals surface area contributed by atoms with E-state index in [0.29, 0.717) is 0 Å². The Bertz CT molecular complexity index is 402. The van der Waals surface area contributed by atoms with Crippen LogP contribution < -0.4 is 5.32 Å². The van der Waals surface area contributed by atoms with Crippen LogP contribution in [0.5, 0.6) is 0 Å². The highest BCUT2D eigenvalue weighted by atomic mass is 127. The van der Waals surface area contributed by atoms with Crippen molar-refractivity contribution in [3.8, 4) is 0 Å². The van der Waals surface area contributed by atoms with Gasteiger partial charge in [0.2, 0.25) is 0 Å². The zero-order valence-electron chi connectivity index (χ0n) is 9.53. The minimum Gasteiger partial charge on any atom is -0.346 e. The van der Waals surface area contributed by atoms with Crippen LogP contribution in [0.3, 0.4) is 0 Å². The molecular formula is C11H16IN3O. The SMILES string of the molecule is C[C@@H]1CNCCN1C(=O)c1cc(I)cn1C. The molecule has 1 N–H and O–H groups in total. The van der Waals surface area contributed by atoms with Gasteiger partial charge in [-0.1, -0.05) is 0 Å². The second-order valence-electron chi connectivity index (χ2n) is 4.21. The largest absolute Gasteiger partial charge is 0.346 e. The summed E-state index contributed by atoms with van der Waals surface area (Å²) in [5, 5.41) is 3.29. The van der Waals surface area contributed by atoms with Crippen molar-refractivity contribution in [1.29, 1.82) is 0 Å². The van der Waals surface area contributed by atoms with E-state index in [1.165, 1.54) is 0 Å². The number of nitrogens with zero attached hydrogens (tertiary/aromatic N) is 2. The van der Waals surface area contributed by atoms with Crippen molar-refractivity contribution >= 4 is 28.5 Å². The topological polar surface area (TPSA) is 37.3 Å². The molecule has 0 unspecified atom stereocenters. The molecular weight excluding hydrogens is 317 g/mol. The molecule has 4 nitrogen and oxygen atoms in total. The van der Waals surface area contributed by atoms with Gasteiger partial charge in [0.25, 0.3) is 5.91 Å². The molecule has 1 fully saturated rings. The first-order valence-electron chi connectivity index (χ1n) is 5.43. The quantitative estimate of drug-likeness (QED) is 0.781. The molecule has 1 atom stereocenters. The smallest absolute Gasteiger partial charge is 0.270 e. The molecule has 0 radical (unpaired) electrons. The number of halogens is 1. The van der Waals surface area contributed by atoms with Crippen molar-refractivity contribution in [3.63, 3.8) is 0 Å². The Labute approximate surface area is 109 Å². The van der Waals surface area contributed by atoms with Crippen molar-refractivity contribution in [2.45, 2.75) is 13.0 Å². The van der Waals surface area contributed by atoms with Gasteiger partial charge in [-0.2, -0.15) is 0 Å². The summed E-state index contributed by atoms with van der Waals surface area (Å²) in [7, 11) is 1.92. The summed E-state index contributed by atoms with van der Waals surface area (Å²) >= 11 is 2.23. The monoisotopic (exact) mass is 333 g/mol. The summed E-state index contributed by atoms with van der Waals surface area (Å²) in [5.74, 6) is 0.138. The molecule has 5 heteroatoms. The first kappa shape index (κ1) is 11.9. The van der Waals surface area contributed by atoms with Gasteiger partial charge in [0.05, 0.1) is 0 Å². The van der Waals surface area contributed by atoms with Crippen LogP contribution in [0.2, 0.25) is 0 Å². The summed E-state index contributed by atoms with van der Waals surface area (Å²) in [6, 6.07) is 2.21. The summed E-state index contributed by atoms with van der Waals surface area (Å²) in [6.45, 7) is 4.64.